The molecule has 0 radical (unpaired) electrons. The number of hydrogen-bond donors (Lipinski definition) is 3. The second-order valence-corrected chi connectivity index (χ2v) is 10.4. The Labute approximate surface area is 202 Å². The molecule has 1 aromatic carbocycles. The number of benzene rings is 1. The zero-order chi connectivity index (χ0) is 24.0. The van der Waals surface area contributed by atoms with Crippen LogP contribution in [-0.2, 0) is 6.42 Å². The molecular weight excluding hydrogens is 449 g/mol. The number of anilines is 1. The number of fused-ring (bicyclic) bond motifs is 5. The van der Waals surface area contributed by atoms with Crippen LogP contribution in [0.5, 0.6) is 5.75 Å². The summed E-state index contributed by atoms with van der Waals surface area (Å²) in [5, 5.41) is 13.2. The number of nitrogens with one attached hydrogen (secondary N) is 2. The van der Waals surface area contributed by atoms with Crippen molar-refractivity contribution in [3.63, 3.8) is 0 Å². The Kier molecular flexibility index (Phi) is 5.85. The van der Waals surface area contributed by atoms with Gasteiger partial charge in [-0.05, 0) is 63.8 Å². The van der Waals surface area contributed by atoms with Crippen molar-refractivity contribution >= 4 is 28.6 Å². The highest BCUT2D eigenvalue weighted by Gasteiger charge is 2.26. The van der Waals surface area contributed by atoms with Crippen LogP contribution in [0.2, 0.25) is 0 Å². The summed E-state index contributed by atoms with van der Waals surface area (Å²) in [7, 11) is 0. The molecule has 1 aliphatic carbocycles. The van der Waals surface area contributed by atoms with Crippen LogP contribution < -0.4 is 15.8 Å². The van der Waals surface area contributed by atoms with Crippen LogP contribution in [0.1, 0.15) is 53.8 Å². The van der Waals surface area contributed by atoms with Crippen molar-refractivity contribution in [3.8, 4) is 17.0 Å². The number of halogens is 1. The molecular formula is C26H28FN5OS. The van der Waals surface area contributed by atoms with Crippen molar-refractivity contribution in [1.82, 2.24) is 15.3 Å². The summed E-state index contributed by atoms with van der Waals surface area (Å²) < 4.78 is 20.6. The molecule has 1 saturated carbocycles. The highest BCUT2D eigenvalue weighted by Crippen LogP contribution is 2.39. The van der Waals surface area contributed by atoms with E-state index in [9.17, 15) is 4.39 Å². The Morgan fingerprint density at radius 3 is 2.85 bits per heavy atom. The number of hydrogen-bond acceptors (Lipinski definition) is 7. The molecule has 2 aliphatic rings. The molecule has 3 heterocycles. The fourth-order valence-electron chi connectivity index (χ4n) is 4.35. The molecule has 0 amide bonds. The van der Waals surface area contributed by atoms with Gasteiger partial charge in [-0.25, -0.2) is 14.4 Å². The van der Waals surface area contributed by atoms with Crippen molar-refractivity contribution in [1.29, 1.82) is 5.41 Å². The molecule has 8 heteroatoms. The molecule has 1 aliphatic heterocycles. The number of rotatable bonds is 4. The van der Waals surface area contributed by atoms with Gasteiger partial charge in [0, 0.05) is 57.7 Å². The van der Waals surface area contributed by atoms with Gasteiger partial charge in [-0.3, -0.25) is 0 Å². The molecule has 1 atom stereocenters. The predicted octanol–water partition coefficient (Wildman–Crippen LogP) is 5.68. The first-order valence-corrected chi connectivity index (χ1v) is 12.3. The van der Waals surface area contributed by atoms with Crippen LogP contribution >= 0.6 is 11.3 Å². The van der Waals surface area contributed by atoms with Gasteiger partial charge >= 0.3 is 0 Å². The molecule has 34 heavy (non-hydrogen) atoms. The molecule has 2 aromatic heterocycles. The second-order valence-electron chi connectivity index (χ2n) is 9.08. The molecule has 3 aromatic rings. The molecule has 4 N–H and O–H groups in total. The van der Waals surface area contributed by atoms with Gasteiger partial charge in [-0.15, -0.1) is 11.3 Å². The molecule has 0 spiro atoms. The molecule has 0 saturated heterocycles. The van der Waals surface area contributed by atoms with Crippen LogP contribution in [0, 0.1) is 24.1 Å². The smallest absolute Gasteiger partial charge is 0.166 e. The third kappa shape index (κ3) is 4.42. The molecule has 2 bridgehead atoms. The van der Waals surface area contributed by atoms with Crippen LogP contribution in [-0.4, -0.2) is 22.2 Å². The summed E-state index contributed by atoms with van der Waals surface area (Å²) in [5.74, 6) is 1.02. The van der Waals surface area contributed by atoms with Crippen molar-refractivity contribution < 1.29 is 9.13 Å². The SMILES string of the molecule is CC(=N)/C1=C(\NCC2CC2)c2cnc(N)c(c2)O[C@H](C)c2cc(F)ccc2-c2nc(C)sc2C1. The first-order valence-electron chi connectivity index (χ1n) is 11.5. The number of pyridine rings is 1. The van der Waals surface area contributed by atoms with Gasteiger partial charge in [0.2, 0.25) is 0 Å². The van der Waals surface area contributed by atoms with E-state index in [0.717, 1.165) is 44.5 Å². The zero-order valence-electron chi connectivity index (χ0n) is 19.5. The van der Waals surface area contributed by atoms with Crippen LogP contribution in [0.3, 0.4) is 0 Å². The van der Waals surface area contributed by atoms with E-state index in [2.05, 4.69) is 10.3 Å². The lowest BCUT2D eigenvalue weighted by atomic mass is 9.95. The molecule has 176 valence electrons. The standard InChI is InChI=1S/C26H28FN5OS/c1-13(28)20-10-23-25(32-15(3)34-23)19-7-6-18(27)9-21(19)14(2)33-22-8-17(12-31-26(22)29)24(20)30-11-16-4-5-16/h6-9,12,14,16,28,30H,4-5,10-11H2,1-3H3,(H2,29,31)/b24-20-,28-13?/t14-/m1/s1. The fourth-order valence-corrected chi connectivity index (χ4v) is 5.31. The lowest BCUT2D eigenvalue weighted by Gasteiger charge is -2.23. The number of ether oxygens (including phenoxy) is 1. The summed E-state index contributed by atoms with van der Waals surface area (Å²) in [6.07, 6.45) is 4.22. The number of allylic oxidation sites excluding steroid dienone is 1. The minimum Gasteiger partial charge on any atom is -0.482 e. The van der Waals surface area contributed by atoms with E-state index in [0.29, 0.717) is 29.4 Å². The van der Waals surface area contributed by atoms with E-state index < -0.39 is 6.10 Å². The minimum atomic E-state index is -0.477. The quantitative estimate of drug-likeness (QED) is 0.420. The number of nitrogen functional groups attached to an aromatic ring is 1. The number of nitrogens with two attached hydrogens (primary N) is 1. The van der Waals surface area contributed by atoms with Crippen LogP contribution in [0.15, 0.2) is 36.0 Å². The van der Waals surface area contributed by atoms with Gasteiger partial charge in [-0.1, -0.05) is 0 Å². The number of aryl methyl sites for hydroxylation is 1. The highest BCUT2D eigenvalue weighted by molar-refractivity contribution is 7.12. The normalized spacial score (nSPS) is 19.8. The second kappa shape index (κ2) is 8.83. The zero-order valence-corrected chi connectivity index (χ0v) is 20.4. The Balaban J connectivity index is 1.76. The van der Waals surface area contributed by atoms with E-state index in [4.69, 9.17) is 20.9 Å². The third-order valence-electron chi connectivity index (χ3n) is 6.34. The fraction of sp³-hybridized carbons (Fsp3) is 0.346. The number of nitrogens with zero attached hydrogens (tertiary/aromatic N) is 2. The van der Waals surface area contributed by atoms with Gasteiger partial charge in [0.05, 0.1) is 10.7 Å². The van der Waals surface area contributed by atoms with Gasteiger partial charge in [0.15, 0.2) is 11.6 Å². The average molecular weight is 478 g/mol. The van der Waals surface area contributed by atoms with Gasteiger partial charge in [0.25, 0.3) is 0 Å². The van der Waals surface area contributed by atoms with Crippen molar-refractivity contribution in [2.75, 3.05) is 12.3 Å². The van der Waals surface area contributed by atoms with Crippen molar-refractivity contribution in [3.05, 3.63) is 62.9 Å². The number of aromatic nitrogens is 2. The Morgan fingerprint density at radius 2 is 2.12 bits per heavy atom. The highest BCUT2D eigenvalue weighted by atomic mass is 32.1. The molecule has 0 unspecified atom stereocenters. The van der Waals surface area contributed by atoms with Gasteiger partial charge in [0.1, 0.15) is 11.9 Å². The Morgan fingerprint density at radius 1 is 1.32 bits per heavy atom. The topological polar surface area (TPSA) is 96.9 Å². The first kappa shape index (κ1) is 22.5. The summed E-state index contributed by atoms with van der Waals surface area (Å²) in [6.45, 7) is 6.50. The summed E-state index contributed by atoms with van der Waals surface area (Å²) in [6, 6.07) is 6.59. The maximum atomic E-state index is 14.3. The van der Waals surface area contributed by atoms with E-state index in [1.165, 1.54) is 25.0 Å². The third-order valence-corrected chi connectivity index (χ3v) is 7.31. The molecule has 5 rings (SSSR count). The van der Waals surface area contributed by atoms with E-state index in [1.807, 2.05) is 19.9 Å². The summed E-state index contributed by atoms with van der Waals surface area (Å²) >= 11 is 1.61. The van der Waals surface area contributed by atoms with Crippen molar-refractivity contribution in [2.24, 2.45) is 5.92 Å². The average Bonchev–Trinajstić information content (AvgIpc) is 3.55. The van der Waals surface area contributed by atoms with Gasteiger partial charge in [-0.2, -0.15) is 0 Å². The lowest BCUT2D eigenvalue weighted by molar-refractivity contribution is 0.227. The molecule has 1 fully saturated rings. The van der Waals surface area contributed by atoms with E-state index in [1.54, 1.807) is 30.5 Å². The monoisotopic (exact) mass is 477 g/mol. The van der Waals surface area contributed by atoms with Crippen LogP contribution in [0.25, 0.3) is 17.0 Å². The largest absolute Gasteiger partial charge is 0.482 e. The summed E-state index contributed by atoms with van der Waals surface area (Å²) in [4.78, 5) is 10.3. The molecule has 6 nitrogen and oxygen atoms in total. The summed E-state index contributed by atoms with van der Waals surface area (Å²) in [5.41, 5.74) is 11.6. The maximum absolute atomic E-state index is 14.3. The van der Waals surface area contributed by atoms with E-state index in [-0.39, 0.29) is 11.6 Å². The predicted molar refractivity (Wildman–Crippen MR) is 135 cm³/mol. The Bertz CT molecular complexity index is 1310. The van der Waals surface area contributed by atoms with Crippen LogP contribution in [0.4, 0.5) is 10.2 Å². The maximum Gasteiger partial charge on any atom is 0.166 e. The van der Waals surface area contributed by atoms with Crippen molar-refractivity contribution in [2.45, 2.75) is 46.1 Å². The number of thiazole rings is 1. The van der Waals surface area contributed by atoms with E-state index >= 15 is 0 Å². The first-order chi connectivity index (χ1) is 16.3. The lowest BCUT2D eigenvalue weighted by Crippen LogP contribution is -2.21. The van der Waals surface area contributed by atoms with Gasteiger partial charge < -0.3 is 21.2 Å². The Hall–Kier alpha value is -3.26. The minimum absolute atomic E-state index is 0.269.